The monoisotopic (exact) mass is 293 g/mol. The van der Waals surface area contributed by atoms with Gasteiger partial charge in [0.05, 0.1) is 5.71 Å². The van der Waals surface area contributed by atoms with Gasteiger partial charge in [-0.15, -0.1) is 11.3 Å². The lowest BCUT2D eigenvalue weighted by Crippen LogP contribution is -2.39. The zero-order chi connectivity index (χ0) is 14.4. The highest BCUT2D eigenvalue weighted by Crippen LogP contribution is 2.11. The van der Waals surface area contributed by atoms with E-state index in [1.54, 1.807) is 16.2 Å². The van der Waals surface area contributed by atoms with Crippen molar-refractivity contribution in [2.24, 2.45) is 5.10 Å². The lowest BCUT2D eigenvalue weighted by atomic mass is 10.2. The average Bonchev–Trinajstić information content (AvgIpc) is 2.90. The Hall–Kier alpha value is -1.69. The van der Waals surface area contributed by atoms with E-state index in [9.17, 15) is 9.59 Å². The Bertz CT molecular complexity index is 497. The van der Waals surface area contributed by atoms with Crippen LogP contribution in [0.5, 0.6) is 0 Å². The molecular formula is C14H19N3O2S. The Morgan fingerprint density at radius 1 is 1.45 bits per heavy atom. The number of hydrazone groups is 1. The molecule has 1 saturated heterocycles. The third kappa shape index (κ3) is 4.16. The van der Waals surface area contributed by atoms with Crippen molar-refractivity contribution < 1.29 is 9.59 Å². The molecule has 0 aliphatic carbocycles. The molecular weight excluding hydrogens is 274 g/mol. The molecule has 1 aliphatic heterocycles. The Labute approximate surface area is 122 Å². The molecule has 1 aromatic rings. The van der Waals surface area contributed by atoms with Gasteiger partial charge in [0, 0.05) is 17.8 Å². The Balaban J connectivity index is 1.86. The van der Waals surface area contributed by atoms with Gasteiger partial charge in [0.1, 0.15) is 6.54 Å². The van der Waals surface area contributed by atoms with Gasteiger partial charge in [-0.2, -0.15) is 5.10 Å². The maximum atomic E-state index is 11.8. The number of nitrogens with one attached hydrogen (secondary N) is 1. The van der Waals surface area contributed by atoms with Gasteiger partial charge in [0.15, 0.2) is 0 Å². The van der Waals surface area contributed by atoms with E-state index in [4.69, 9.17) is 0 Å². The average molecular weight is 293 g/mol. The van der Waals surface area contributed by atoms with Gasteiger partial charge in [-0.1, -0.05) is 12.5 Å². The normalized spacial score (nSPS) is 16.9. The minimum absolute atomic E-state index is 0.0663. The van der Waals surface area contributed by atoms with E-state index < -0.39 is 0 Å². The number of carbonyl (C=O) groups is 2. The van der Waals surface area contributed by atoms with Crippen molar-refractivity contribution in [3.63, 3.8) is 0 Å². The second kappa shape index (κ2) is 7.19. The predicted molar refractivity (Wildman–Crippen MR) is 79.7 cm³/mol. The molecule has 1 aliphatic rings. The molecule has 0 atom stereocenters. The maximum absolute atomic E-state index is 11.8. The van der Waals surface area contributed by atoms with Crippen LogP contribution in [0.3, 0.4) is 0 Å². The second-order valence-corrected chi connectivity index (χ2v) is 5.78. The van der Waals surface area contributed by atoms with E-state index >= 15 is 0 Å². The first-order valence-corrected chi connectivity index (χ1v) is 7.69. The molecule has 0 unspecified atom stereocenters. The smallest absolute Gasteiger partial charge is 0.259 e. The molecule has 2 rings (SSSR count). The fourth-order valence-corrected chi connectivity index (χ4v) is 2.78. The topological polar surface area (TPSA) is 61.8 Å². The first-order chi connectivity index (χ1) is 9.66. The lowest BCUT2D eigenvalue weighted by molar-refractivity contribution is -0.135. The molecule has 0 aromatic carbocycles. The first kappa shape index (κ1) is 14.7. The third-order valence-electron chi connectivity index (χ3n) is 3.23. The van der Waals surface area contributed by atoms with Crippen LogP contribution in [0.15, 0.2) is 22.6 Å². The predicted octanol–water partition coefficient (Wildman–Crippen LogP) is 1.99. The number of rotatable bonds is 4. The molecule has 0 saturated carbocycles. The summed E-state index contributed by atoms with van der Waals surface area (Å²) in [6.07, 6.45) is 3.49. The standard InChI is InChI=1S/C14H19N3O2S/c1-11(12-6-5-9-20-12)15-16-13(18)10-17-8-4-2-3-7-14(17)19/h5-6,9H,2-4,7-8,10H2,1H3,(H,16,18)/b15-11-. The summed E-state index contributed by atoms with van der Waals surface area (Å²) in [6, 6.07) is 3.89. The highest BCUT2D eigenvalue weighted by Gasteiger charge is 2.18. The van der Waals surface area contributed by atoms with Gasteiger partial charge < -0.3 is 4.90 Å². The Morgan fingerprint density at radius 2 is 2.30 bits per heavy atom. The first-order valence-electron chi connectivity index (χ1n) is 6.81. The van der Waals surface area contributed by atoms with Gasteiger partial charge in [0.25, 0.3) is 5.91 Å². The van der Waals surface area contributed by atoms with Gasteiger partial charge in [-0.05, 0) is 31.2 Å². The van der Waals surface area contributed by atoms with Crippen LogP contribution in [0.1, 0.15) is 37.5 Å². The van der Waals surface area contributed by atoms with Crippen molar-refractivity contribution in [2.75, 3.05) is 13.1 Å². The minimum atomic E-state index is -0.240. The number of thiophene rings is 1. The summed E-state index contributed by atoms with van der Waals surface area (Å²) in [5.41, 5.74) is 3.29. The van der Waals surface area contributed by atoms with Crippen LogP contribution in [-0.2, 0) is 9.59 Å². The Morgan fingerprint density at radius 3 is 3.05 bits per heavy atom. The summed E-state index contributed by atoms with van der Waals surface area (Å²) >= 11 is 1.57. The lowest BCUT2D eigenvalue weighted by Gasteiger charge is -2.18. The van der Waals surface area contributed by atoms with Crippen LogP contribution < -0.4 is 5.43 Å². The van der Waals surface area contributed by atoms with E-state index in [1.807, 2.05) is 24.4 Å². The second-order valence-electron chi connectivity index (χ2n) is 4.84. The maximum Gasteiger partial charge on any atom is 0.259 e. The zero-order valence-corrected chi connectivity index (χ0v) is 12.4. The molecule has 1 N–H and O–H groups in total. The van der Waals surface area contributed by atoms with Crippen molar-refractivity contribution >= 4 is 28.9 Å². The van der Waals surface area contributed by atoms with E-state index in [-0.39, 0.29) is 18.4 Å². The summed E-state index contributed by atoms with van der Waals surface area (Å²) in [4.78, 5) is 26.3. The third-order valence-corrected chi connectivity index (χ3v) is 4.21. The van der Waals surface area contributed by atoms with Crippen molar-refractivity contribution in [1.82, 2.24) is 10.3 Å². The summed E-state index contributed by atoms with van der Waals surface area (Å²) in [7, 11) is 0. The molecule has 6 heteroatoms. The van der Waals surface area contributed by atoms with E-state index in [1.165, 1.54) is 0 Å². The van der Waals surface area contributed by atoms with Crippen LogP contribution >= 0.6 is 11.3 Å². The summed E-state index contributed by atoms with van der Waals surface area (Å²) in [6.45, 7) is 2.61. The van der Waals surface area contributed by atoms with Crippen LogP contribution in [0.2, 0.25) is 0 Å². The number of hydrogen-bond donors (Lipinski definition) is 1. The van der Waals surface area contributed by atoms with Crippen LogP contribution in [-0.4, -0.2) is 35.5 Å². The van der Waals surface area contributed by atoms with Gasteiger partial charge in [-0.25, -0.2) is 5.43 Å². The van der Waals surface area contributed by atoms with Gasteiger partial charge >= 0.3 is 0 Å². The number of hydrogen-bond acceptors (Lipinski definition) is 4. The minimum Gasteiger partial charge on any atom is -0.333 e. The molecule has 1 fully saturated rings. The fourth-order valence-electron chi connectivity index (χ4n) is 2.10. The molecule has 5 nitrogen and oxygen atoms in total. The molecule has 1 aromatic heterocycles. The SMILES string of the molecule is C/C(=N/NC(=O)CN1CCCCCC1=O)c1cccs1. The van der Waals surface area contributed by atoms with Crippen LogP contribution in [0.4, 0.5) is 0 Å². The van der Waals surface area contributed by atoms with Crippen LogP contribution in [0, 0.1) is 0 Å². The highest BCUT2D eigenvalue weighted by atomic mass is 32.1. The molecule has 2 heterocycles. The molecule has 108 valence electrons. The molecule has 0 spiro atoms. The van der Waals surface area contributed by atoms with Crippen molar-refractivity contribution in [1.29, 1.82) is 0 Å². The van der Waals surface area contributed by atoms with Gasteiger partial charge in [-0.3, -0.25) is 9.59 Å². The van der Waals surface area contributed by atoms with Crippen molar-refractivity contribution in [3.8, 4) is 0 Å². The number of carbonyl (C=O) groups excluding carboxylic acids is 2. The summed E-state index contributed by atoms with van der Waals surface area (Å²) < 4.78 is 0. The van der Waals surface area contributed by atoms with Gasteiger partial charge in [0.2, 0.25) is 5.91 Å². The molecule has 0 bridgehead atoms. The fraction of sp³-hybridized carbons (Fsp3) is 0.500. The number of likely N-dealkylation sites (tertiary alicyclic amines) is 1. The molecule has 0 radical (unpaired) electrons. The van der Waals surface area contributed by atoms with E-state index in [2.05, 4.69) is 10.5 Å². The van der Waals surface area contributed by atoms with E-state index in [0.717, 1.165) is 29.9 Å². The van der Waals surface area contributed by atoms with Crippen molar-refractivity contribution in [2.45, 2.75) is 32.6 Å². The quantitative estimate of drug-likeness (QED) is 0.681. The molecule has 2 amide bonds. The summed E-state index contributed by atoms with van der Waals surface area (Å²) in [5.74, 6) is -0.173. The molecule has 20 heavy (non-hydrogen) atoms. The zero-order valence-electron chi connectivity index (χ0n) is 11.6. The largest absolute Gasteiger partial charge is 0.333 e. The summed E-state index contributed by atoms with van der Waals surface area (Å²) in [5, 5.41) is 6.03. The van der Waals surface area contributed by atoms with Crippen LogP contribution in [0.25, 0.3) is 0 Å². The van der Waals surface area contributed by atoms with E-state index in [0.29, 0.717) is 13.0 Å². The highest BCUT2D eigenvalue weighted by molar-refractivity contribution is 7.12. The number of amides is 2. The number of nitrogens with zero attached hydrogens (tertiary/aromatic N) is 2. The van der Waals surface area contributed by atoms with Crippen molar-refractivity contribution in [3.05, 3.63) is 22.4 Å². The Kier molecular flexibility index (Phi) is 5.29.